The van der Waals surface area contributed by atoms with Crippen LogP contribution in [0.1, 0.15) is 108 Å². The van der Waals surface area contributed by atoms with Crippen molar-refractivity contribution in [1.82, 2.24) is 30.5 Å². The maximum absolute atomic E-state index is 14.5. The molecule has 13 nitrogen and oxygen atoms in total. The van der Waals surface area contributed by atoms with Crippen LogP contribution >= 0.6 is 0 Å². The molecule has 0 bridgehead atoms. The van der Waals surface area contributed by atoms with Crippen LogP contribution in [0.25, 0.3) is 0 Å². The summed E-state index contributed by atoms with van der Waals surface area (Å²) < 4.78 is 27.0. The summed E-state index contributed by atoms with van der Waals surface area (Å²) in [5.74, 6) is -2.42. The molecule has 1 saturated carbocycles. The highest BCUT2D eigenvalue weighted by Gasteiger charge is 2.48. The lowest BCUT2D eigenvalue weighted by molar-refractivity contribution is -0.144. The van der Waals surface area contributed by atoms with Gasteiger partial charge in [0.05, 0.1) is 12.3 Å². The summed E-state index contributed by atoms with van der Waals surface area (Å²) in [6.45, 7) is 25.6. The zero-order valence-electron chi connectivity index (χ0n) is 33.9. The zero-order chi connectivity index (χ0) is 40.0. The summed E-state index contributed by atoms with van der Waals surface area (Å²) in [5, 5.41) is 11.2. The summed E-state index contributed by atoms with van der Waals surface area (Å²) in [6, 6.07) is -4.21. The Hall–Kier alpha value is -3.00. The SMILES string of the molecule is C=CCNC(=O)C(=O)C(CC1CC1)NC(=O)[C@@H]1[C@@H](C(C)C)CCN1C(=O)[C@@H](NC(=O)N[C@H](CN(CCC(C)(C)C)S(C)(=O)=O)C(C)(C)C)C(C)(C)C. The number of Topliss-reactive ketones (excluding diaryl/α,β-unsaturated/α-hetero) is 1. The lowest BCUT2D eigenvalue weighted by Gasteiger charge is -2.39. The van der Waals surface area contributed by atoms with Crippen molar-refractivity contribution in [3.63, 3.8) is 0 Å². The molecule has 1 saturated heterocycles. The van der Waals surface area contributed by atoms with Gasteiger partial charge in [-0.15, -0.1) is 6.58 Å². The molecule has 298 valence electrons. The molecule has 0 aromatic heterocycles. The van der Waals surface area contributed by atoms with Crippen molar-refractivity contribution in [3.8, 4) is 0 Å². The van der Waals surface area contributed by atoms with Gasteiger partial charge in [0.25, 0.3) is 5.91 Å². The lowest BCUT2D eigenvalue weighted by atomic mass is 9.84. The van der Waals surface area contributed by atoms with Gasteiger partial charge in [-0.1, -0.05) is 95.1 Å². The number of rotatable bonds is 17. The lowest BCUT2D eigenvalue weighted by Crippen LogP contribution is -2.62. The van der Waals surface area contributed by atoms with E-state index in [1.165, 1.54) is 21.5 Å². The highest BCUT2D eigenvalue weighted by Crippen LogP contribution is 2.36. The molecule has 1 aliphatic heterocycles. The van der Waals surface area contributed by atoms with E-state index in [2.05, 4.69) is 27.8 Å². The van der Waals surface area contributed by atoms with Crippen molar-refractivity contribution >= 4 is 39.6 Å². The molecule has 52 heavy (non-hydrogen) atoms. The van der Waals surface area contributed by atoms with Crippen molar-refractivity contribution < 1.29 is 32.4 Å². The number of nitrogens with zero attached hydrogens (tertiary/aromatic N) is 2. The molecule has 5 atom stereocenters. The van der Waals surface area contributed by atoms with Gasteiger partial charge in [0, 0.05) is 32.2 Å². The quantitative estimate of drug-likeness (QED) is 0.129. The molecular weight excluding hydrogens is 685 g/mol. The monoisotopic (exact) mass is 752 g/mol. The fraction of sp³-hybridized carbons (Fsp3) is 0.816. The second-order valence-corrected chi connectivity index (χ2v) is 20.5. The van der Waals surface area contributed by atoms with E-state index in [4.69, 9.17) is 0 Å². The van der Waals surface area contributed by atoms with Crippen molar-refractivity contribution in [2.45, 2.75) is 132 Å². The van der Waals surface area contributed by atoms with Crippen LogP contribution in [0.2, 0.25) is 0 Å². The number of hydrogen-bond donors (Lipinski definition) is 4. The number of ketones is 1. The Morgan fingerprint density at radius 3 is 1.96 bits per heavy atom. The maximum atomic E-state index is 14.5. The summed E-state index contributed by atoms with van der Waals surface area (Å²) >= 11 is 0. The molecule has 0 aromatic rings. The first-order valence-corrected chi connectivity index (χ1v) is 20.6. The predicted octanol–water partition coefficient (Wildman–Crippen LogP) is 3.84. The van der Waals surface area contributed by atoms with Crippen LogP contribution < -0.4 is 21.3 Å². The Bertz CT molecular complexity index is 1410. The van der Waals surface area contributed by atoms with Gasteiger partial charge in [-0.25, -0.2) is 17.5 Å². The number of carbonyl (C=O) groups excluding carboxylic acids is 5. The van der Waals surface area contributed by atoms with Crippen LogP contribution in [0.4, 0.5) is 4.79 Å². The highest BCUT2D eigenvalue weighted by atomic mass is 32.2. The van der Waals surface area contributed by atoms with Gasteiger partial charge in [-0.05, 0) is 53.3 Å². The zero-order valence-corrected chi connectivity index (χ0v) is 34.7. The number of hydrogen-bond acceptors (Lipinski definition) is 7. The summed E-state index contributed by atoms with van der Waals surface area (Å²) in [6.07, 6.45) is 5.98. The van der Waals surface area contributed by atoms with Crippen molar-refractivity contribution in [1.29, 1.82) is 0 Å². The van der Waals surface area contributed by atoms with Gasteiger partial charge in [-0.3, -0.25) is 19.2 Å². The number of likely N-dealkylation sites (tertiary alicyclic amines) is 1. The topological polar surface area (TPSA) is 174 Å². The fourth-order valence-corrected chi connectivity index (χ4v) is 7.26. The first-order chi connectivity index (χ1) is 23.7. The number of carbonyl (C=O) groups is 5. The molecule has 4 N–H and O–H groups in total. The van der Waals surface area contributed by atoms with Gasteiger partial charge in [0.2, 0.25) is 27.6 Å². The van der Waals surface area contributed by atoms with E-state index in [-0.39, 0.29) is 42.8 Å². The molecule has 0 spiro atoms. The van der Waals surface area contributed by atoms with Crippen molar-refractivity contribution in [2.75, 3.05) is 32.4 Å². The molecule has 0 aromatic carbocycles. The molecule has 2 rings (SSSR count). The second-order valence-electron chi connectivity index (χ2n) is 18.5. The summed E-state index contributed by atoms with van der Waals surface area (Å²) in [5.41, 5.74) is -1.41. The Morgan fingerprint density at radius 2 is 1.50 bits per heavy atom. The van der Waals surface area contributed by atoms with Gasteiger partial charge >= 0.3 is 6.03 Å². The van der Waals surface area contributed by atoms with Gasteiger partial charge in [0.1, 0.15) is 12.1 Å². The smallest absolute Gasteiger partial charge is 0.315 e. The Kier molecular flexibility index (Phi) is 15.5. The van der Waals surface area contributed by atoms with Crippen LogP contribution in [-0.4, -0.2) is 104 Å². The highest BCUT2D eigenvalue weighted by molar-refractivity contribution is 7.88. The molecule has 2 fully saturated rings. The average Bonchev–Trinajstić information content (AvgIpc) is 3.69. The molecule has 1 heterocycles. The van der Waals surface area contributed by atoms with E-state index < -0.39 is 74.6 Å². The molecule has 5 amide bonds. The largest absolute Gasteiger partial charge is 0.346 e. The van der Waals surface area contributed by atoms with Crippen LogP contribution in [0.5, 0.6) is 0 Å². The molecule has 2 aliphatic rings. The van der Waals surface area contributed by atoms with E-state index >= 15 is 0 Å². The second kappa shape index (κ2) is 17.9. The Morgan fingerprint density at radius 1 is 0.904 bits per heavy atom. The van der Waals surface area contributed by atoms with Gasteiger partial charge in [-0.2, -0.15) is 0 Å². The molecular formula is C38H68N6O7S. The minimum absolute atomic E-state index is 0.0231. The van der Waals surface area contributed by atoms with E-state index in [1.54, 1.807) is 0 Å². The third-order valence-corrected chi connectivity index (χ3v) is 11.4. The van der Waals surface area contributed by atoms with Crippen molar-refractivity contribution in [3.05, 3.63) is 12.7 Å². The first kappa shape index (κ1) is 45.2. The standard InChI is InChI=1S/C38H68N6O7S/c1-14-19-39-33(47)30(45)27(22-25-15-16-25)40-32(46)29-26(24(2)3)17-20-44(29)34(48)31(38(10,11)12)42-35(49)41-28(37(7,8)9)23-43(52(13,50)51)21-18-36(4,5)6/h14,24-29,31H,1,15-23H2,2-13H3,(H,39,47)(H,40,46)(H2,41,42,49)/t26-,27?,28-,29+,31-/m1/s1. The molecule has 1 unspecified atom stereocenters. The van der Waals surface area contributed by atoms with Crippen LogP contribution in [-0.2, 0) is 29.2 Å². The van der Waals surface area contributed by atoms with E-state index in [0.717, 1.165) is 12.8 Å². The summed E-state index contributed by atoms with van der Waals surface area (Å²) in [4.78, 5) is 69.7. The number of sulfonamides is 1. The third-order valence-electron chi connectivity index (χ3n) is 10.1. The normalized spacial score (nSPS) is 20.2. The predicted molar refractivity (Wildman–Crippen MR) is 205 cm³/mol. The third kappa shape index (κ3) is 13.8. The molecule has 1 aliphatic carbocycles. The number of nitrogens with one attached hydrogen (secondary N) is 4. The van der Waals surface area contributed by atoms with Crippen LogP contribution in [0, 0.1) is 34.0 Å². The van der Waals surface area contributed by atoms with Crippen LogP contribution in [0.15, 0.2) is 12.7 Å². The van der Waals surface area contributed by atoms with Gasteiger partial charge in [0.15, 0.2) is 0 Å². The van der Waals surface area contributed by atoms with E-state index in [1.807, 2.05) is 76.2 Å². The number of amides is 5. The average molecular weight is 753 g/mol. The number of urea groups is 1. The van der Waals surface area contributed by atoms with Crippen LogP contribution in [0.3, 0.4) is 0 Å². The minimum Gasteiger partial charge on any atom is -0.346 e. The summed E-state index contributed by atoms with van der Waals surface area (Å²) in [7, 11) is -3.59. The van der Waals surface area contributed by atoms with Gasteiger partial charge < -0.3 is 26.2 Å². The Balaban J connectivity index is 2.36. The molecule has 0 radical (unpaired) electrons. The molecule has 14 heteroatoms. The van der Waals surface area contributed by atoms with Crippen molar-refractivity contribution in [2.24, 2.45) is 34.0 Å². The fourth-order valence-electron chi connectivity index (χ4n) is 6.42. The maximum Gasteiger partial charge on any atom is 0.315 e. The van der Waals surface area contributed by atoms with E-state index in [9.17, 15) is 32.4 Å². The van der Waals surface area contributed by atoms with E-state index in [0.29, 0.717) is 25.8 Å². The first-order valence-electron chi connectivity index (χ1n) is 18.7. The Labute approximate surface area is 313 Å². The minimum atomic E-state index is -3.59.